The van der Waals surface area contributed by atoms with Gasteiger partial charge in [-0.15, -0.1) is 0 Å². The highest BCUT2D eigenvalue weighted by molar-refractivity contribution is 5.96. The van der Waals surface area contributed by atoms with Crippen molar-refractivity contribution in [3.8, 4) is 0 Å². The van der Waals surface area contributed by atoms with Crippen molar-refractivity contribution in [2.45, 2.75) is 26.4 Å². The van der Waals surface area contributed by atoms with E-state index >= 15 is 0 Å². The van der Waals surface area contributed by atoms with Crippen molar-refractivity contribution in [2.75, 3.05) is 0 Å². The van der Waals surface area contributed by atoms with E-state index in [1.165, 1.54) is 4.52 Å². The van der Waals surface area contributed by atoms with Crippen molar-refractivity contribution >= 4 is 11.6 Å². The minimum absolute atomic E-state index is 0.207. The quantitative estimate of drug-likeness (QED) is 0.786. The van der Waals surface area contributed by atoms with E-state index in [0.717, 1.165) is 17.8 Å². The van der Waals surface area contributed by atoms with Crippen LogP contribution in [-0.2, 0) is 19.5 Å². The standard InChI is InChI=1S/C16H15N5O2/c1-2-10-7-13-18-14-12(15(22)21(13)19-10)9-20(16(14)23)8-11-5-3-4-6-17-11/h3-7,19H,2,8-9H2,1H3. The maximum Gasteiger partial charge on any atom is 0.278 e. The van der Waals surface area contributed by atoms with Crippen LogP contribution in [0.5, 0.6) is 0 Å². The van der Waals surface area contributed by atoms with Crippen LogP contribution in [0, 0.1) is 0 Å². The van der Waals surface area contributed by atoms with Crippen LogP contribution in [0.25, 0.3) is 5.65 Å². The highest BCUT2D eigenvalue weighted by atomic mass is 16.2. The van der Waals surface area contributed by atoms with E-state index in [0.29, 0.717) is 17.8 Å². The van der Waals surface area contributed by atoms with Crippen molar-refractivity contribution < 1.29 is 4.79 Å². The highest BCUT2D eigenvalue weighted by Crippen LogP contribution is 2.20. The van der Waals surface area contributed by atoms with Crippen LogP contribution in [0.2, 0.25) is 0 Å². The smallest absolute Gasteiger partial charge is 0.278 e. The minimum atomic E-state index is -0.218. The second kappa shape index (κ2) is 5.05. The van der Waals surface area contributed by atoms with Gasteiger partial charge in [0.2, 0.25) is 0 Å². The van der Waals surface area contributed by atoms with Gasteiger partial charge in [0.05, 0.1) is 24.3 Å². The molecule has 1 N–H and O–H groups in total. The van der Waals surface area contributed by atoms with E-state index in [9.17, 15) is 9.59 Å². The number of carbonyl (C=O) groups excluding carboxylic acids is 1. The molecule has 0 unspecified atom stereocenters. The van der Waals surface area contributed by atoms with Crippen molar-refractivity contribution in [3.63, 3.8) is 0 Å². The molecule has 0 fully saturated rings. The predicted octanol–water partition coefficient (Wildman–Crippen LogP) is 1.14. The Hall–Kier alpha value is -2.96. The van der Waals surface area contributed by atoms with Crippen LogP contribution in [0.1, 0.15) is 34.4 Å². The van der Waals surface area contributed by atoms with E-state index in [1.54, 1.807) is 17.2 Å². The van der Waals surface area contributed by atoms with Gasteiger partial charge < -0.3 is 4.90 Å². The predicted molar refractivity (Wildman–Crippen MR) is 83.0 cm³/mol. The molecule has 1 aliphatic rings. The van der Waals surface area contributed by atoms with Crippen LogP contribution in [0.15, 0.2) is 35.3 Å². The Bertz CT molecular complexity index is 958. The molecule has 4 heterocycles. The molecule has 3 aromatic heterocycles. The van der Waals surface area contributed by atoms with Crippen LogP contribution >= 0.6 is 0 Å². The number of hydrogen-bond acceptors (Lipinski definition) is 4. The summed E-state index contributed by atoms with van der Waals surface area (Å²) in [4.78, 5) is 35.3. The first kappa shape index (κ1) is 13.7. The molecule has 1 aliphatic heterocycles. The number of fused-ring (bicyclic) bond motifs is 2. The third-order valence-corrected chi connectivity index (χ3v) is 4.06. The van der Waals surface area contributed by atoms with Crippen molar-refractivity contribution in [3.05, 3.63) is 63.5 Å². The number of nitrogens with zero attached hydrogens (tertiary/aromatic N) is 4. The van der Waals surface area contributed by atoms with Crippen LogP contribution in [-0.4, -0.2) is 30.4 Å². The molecule has 0 aromatic carbocycles. The number of aromatic amines is 1. The van der Waals surface area contributed by atoms with Crippen LogP contribution in [0.3, 0.4) is 0 Å². The average Bonchev–Trinajstić information content (AvgIpc) is 3.12. The number of aryl methyl sites for hydroxylation is 1. The Morgan fingerprint density at radius 2 is 2.17 bits per heavy atom. The molecule has 0 radical (unpaired) electrons. The number of aromatic nitrogens is 4. The van der Waals surface area contributed by atoms with Gasteiger partial charge in [-0.05, 0) is 18.6 Å². The zero-order valence-electron chi connectivity index (χ0n) is 12.6. The highest BCUT2D eigenvalue weighted by Gasteiger charge is 2.32. The van der Waals surface area contributed by atoms with Gasteiger partial charge in [-0.3, -0.25) is 19.7 Å². The lowest BCUT2D eigenvalue weighted by atomic mass is 10.2. The molecule has 4 rings (SSSR count). The van der Waals surface area contributed by atoms with Gasteiger partial charge in [0.1, 0.15) is 5.69 Å². The summed E-state index contributed by atoms with van der Waals surface area (Å²) in [5, 5.41) is 3.02. The van der Waals surface area contributed by atoms with Gasteiger partial charge in [-0.25, -0.2) is 9.50 Å². The lowest BCUT2D eigenvalue weighted by Gasteiger charge is -2.13. The van der Waals surface area contributed by atoms with E-state index in [1.807, 2.05) is 25.1 Å². The van der Waals surface area contributed by atoms with Gasteiger partial charge in [-0.1, -0.05) is 13.0 Å². The normalized spacial score (nSPS) is 13.8. The molecular weight excluding hydrogens is 294 g/mol. The summed E-state index contributed by atoms with van der Waals surface area (Å²) >= 11 is 0. The van der Waals surface area contributed by atoms with Crippen LogP contribution in [0.4, 0.5) is 0 Å². The number of amides is 1. The largest absolute Gasteiger partial charge is 0.327 e. The SMILES string of the molecule is CCc1cc2nc3c(c(=O)n2[nH]1)CN(Cc1ccccn1)C3=O. The molecule has 23 heavy (non-hydrogen) atoms. The number of rotatable bonds is 3. The first-order chi connectivity index (χ1) is 11.2. The summed E-state index contributed by atoms with van der Waals surface area (Å²) < 4.78 is 1.41. The fourth-order valence-corrected chi connectivity index (χ4v) is 2.84. The zero-order chi connectivity index (χ0) is 16.0. The fraction of sp³-hybridized carbons (Fsp3) is 0.250. The number of hydrogen-bond donors (Lipinski definition) is 1. The van der Waals surface area contributed by atoms with Crippen molar-refractivity contribution in [1.82, 2.24) is 24.5 Å². The van der Waals surface area contributed by atoms with Gasteiger partial charge >= 0.3 is 0 Å². The molecule has 0 saturated heterocycles. The molecule has 0 saturated carbocycles. The molecule has 0 bridgehead atoms. The molecule has 0 atom stereocenters. The summed E-state index contributed by atoms with van der Waals surface area (Å²) in [6.45, 7) is 2.62. The maximum atomic E-state index is 12.6. The maximum absolute atomic E-state index is 12.6. The Morgan fingerprint density at radius 3 is 2.91 bits per heavy atom. The Morgan fingerprint density at radius 1 is 1.30 bits per heavy atom. The molecule has 116 valence electrons. The fourth-order valence-electron chi connectivity index (χ4n) is 2.84. The van der Waals surface area contributed by atoms with Crippen molar-refractivity contribution in [1.29, 1.82) is 0 Å². The van der Waals surface area contributed by atoms with Gasteiger partial charge in [0.25, 0.3) is 11.5 Å². The topological polar surface area (TPSA) is 83.4 Å². The van der Waals surface area contributed by atoms with E-state index in [4.69, 9.17) is 0 Å². The third-order valence-electron chi connectivity index (χ3n) is 4.06. The second-order valence-electron chi connectivity index (χ2n) is 5.55. The molecule has 3 aromatic rings. The first-order valence-corrected chi connectivity index (χ1v) is 7.50. The molecule has 0 aliphatic carbocycles. The van der Waals surface area contributed by atoms with Gasteiger partial charge in [0, 0.05) is 18.0 Å². The zero-order valence-corrected chi connectivity index (χ0v) is 12.6. The van der Waals surface area contributed by atoms with Gasteiger partial charge in [0.15, 0.2) is 5.65 Å². The van der Waals surface area contributed by atoms with E-state index in [2.05, 4.69) is 15.1 Å². The Balaban J connectivity index is 1.74. The molecule has 1 amide bonds. The number of pyridine rings is 1. The molecule has 0 spiro atoms. The number of carbonyl (C=O) groups is 1. The summed E-state index contributed by atoms with van der Waals surface area (Å²) in [5.74, 6) is -0.218. The third kappa shape index (κ3) is 2.12. The molecule has 7 heteroatoms. The lowest BCUT2D eigenvalue weighted by molar-refractivity contribution is 0.0760. The number of nitrogens with one attached hydrogen (secondary N) is 1. The monoisotopic (exact) mass is 309 g/mol. The first-order valence-electron chi connectivity index (χ1n) is 7.50. The van der Waals surface area contributed by atoms with Crippen molar-refractivity contribution in [2.24, 2.45) is 0 Å². The molecule has 7 nitrogen and oxygen atoms in total. The Kier molecular flexibility index (Phi) is 3.00. The summed E-state index contributed by atoms with van der Waals surface area (Å²) in [6.07, 6.45) is 2.46. The average molecular weight is 309 g/mol. The van der Waals surface area contributed by atoms with E-state index < -0.39 is 0 Å². The van der Waals surface area contributed by atoms with Crippen LogP contribution < -0.4 is 5.56 Å². The molecular formula is C16H15N5O2. The summed E-state index contributed by atoms with van der Waals surface area (Å²) in [7, 11) is 0. The minimum Gasteiger partial charge on any atom is -0.327 e. The lowest BCUT2D eigenvalue weighted by Crippen LogP contribution is -2.24. The van der Waals surface area contributed by atoms with E-state index in [-0.39, 0.29) is 23.7 Å². The Labute approximate surface area is 131 Å². The summed E-state index contributed by atoms with van der Waals surface area (Å²) in [6, 6.07) is 7.36. The van der Waals surface area contributed by atoms with Gasteiger partial charge in [-0.2, -0.15) is 0 Å². The summed E-state index contributed by atoms with van der Waals surface area (Å²) in [5.41, 5.74) is 2.67. The number of H-pyrrole nitrogens is 1. The second-order valence-corrected chi connectivity index (χ2v) is 5.55.